The van der Waals surface area contributed by atoms with Gasteiger partial charge in [-0.05, 0) is 60.9 Å². The first-order valence-electron chi connectivity index (χ1n) is 9.58. The Bertz CT molecular complexity index is 703. The Morgan fingerprint density at radius 1 is 1.04 bits per heavy atom. The maximum atomic E-state index is 6.50. The van der Waals surface area contributed by atoms with Gasteiger partial charge >= 0.3 is 0 Å². The topological polar surface area (TPSA) is 47.3 Å². The second-order valence-electron chi connectivity index (χ2n) is 7.44. The van der Waals surface area contributed by atoms with E-state index in [4.69, 9.17) is 10.5 Å². The molecule has 3 N–H and O–H groups in total. The molecule has 1 fully saturated rings. The van der Waals surface area contributed by atoms with Crippen molar-refractivity contribution >= 4 is 12.4 Å². The van der Waals surface area contributed by atoms with Crippen LogP contribution >= 0.6 is 12.4 Å². The van der Waals surface area contributed by atoms with Crippen LogP contribution in [0.1, 0.15) is 41.9 Å². The van der Waals surface area contributed by atoms with Crippen molar-refractivity contribution in [3.63, 3.8) is 0 Å². The van der Waals surface area contributed by atoms with E-state index in [1.807, 2.05) is 0 Å². The average molecular weight is 373 g/mol. The lowest BCUT2D eigenvalue weighted by Gasteiger charge is -2.32. The standard InChI is InChI=1S/C22H28N2O.ClH/c23-22-11-7-17-6-10-19(25-13-12-24-18-8-9-18)15-20(17)21(22)14-16-4-2-1-3-5-16;/h1-6,10,15,18,21-22,24H,7-9,11-14,23H2;1H. The summed E-state index contributed by atoms with van der Waals surface area (Å²) in [6.45, 7) is 1.65. The summed E-state index contributed by atoms with van der Waals surface area (Å²) in [6.07, 6.45) is 5.78. The lowest BCUT2D eigenvalue weighted by atomic mass is 9.76. The molecule has 0 bridgehead atoms. The number of halogens is 1. The molecule has 0 saturated heterocycles. The average Bonchev–Trinajstić information content (AvgIpc) is 3.46. The van der Waals surface area contributed by atoms with E-state index in [1.54, 1.807) is 0 Å². The molecule has 2 unspecified atom stereocenters. The second kappa shape index (κ2) is 8.90. The van der Waals surface area contributed by atoms with Crippen LogP contribution in [0.5, 0.6) is 5.75 Å². The van der Waals surface area contributed by atoms with E-state index in [0.717, 1.165) is 44.2 Å². The maximum Gasteiger partial charge on any atom is 0.119 e. The molecule has 3 nitrogen and oxygen atoms in total. The van der Waals surface area contributed by atoms with Crippen LogP contribution < -0.4 is 15.8 Å². The molecule has 2 aliphatic carbocycles. The van der Waals surface area contributed by atoms with Crippen LogP contribution in [0.15, 0.2) is 48.5 Å². The van der Waals surface area contributed by atoms with Crippen molar-refractivity contribution < 1.29 is 4.74 Å². The molecule has 4 heteroatoms. The van der Waals surface area contributed by atoms with Crippen molar-refractivity contribution in [1.82, 2.24) is 5.32 Å². The summed E-state index contributed by atoms with van der Waals surface area (Å²) in [5.74, 6) is 1.35. The van der Waals surface area contributed by atoms with Gasteiger partial charge in [-0.1, -0.05) is 36.4 Å². The van der Waals surface area contributed by atoms with E-state index in [9.17, 15) is 0 Å². The molecule has 26 heavy (non-hydrogen) atoms. The van der Waals surface area contributed by atoms with Crippen LogP contribution in [-0.4, -0.2) is 25.2 Å². The summed E-state index contributed by atoms with van der Waals surface area (Å²) < 4.78 is 5.98. The van der Waals surface area contributed by atoms with Crippen LogP contribution in [-0.2, 0) is 12.8 Å². The van der Waals surface area contributed by atoms with E-state index in [0.29, 0.717) is 5.92 Å². The van der Waals surface area contributed by atoms with Gasteiger partial charge in [-0.25, -0.2) is 0 Å². The minimum absolute atomic E-state index is 0. The Labute approximate surface area is 162 Å². The van der Waals surface area contributed by atoms with Gasteiger partial charge in [-0.3, -0.25) is 0 Å². The molecular weight excluding hydrogens is 344 g/mol. The second-order valence-corrected chi connectivity index (χ2v) is 7.44. The zero-order valence-corrected chi connectivity index (χ0v) is 16.0. The fraction of sp³-hybridized carbons (Fsp3) is 0.455. The Hall–Kier alpha value is -1.55. The number of fused-ring (bicyclic) bond motifs is 1. The molecular formula is C22H29ClN2O. The summed E-state index contributed by atoms with van der Waals surface area (Å²) in [5.41, 5.74) is 10.7. The molecule has 0 radical (unpaired) electrons. The first-order valence-corrected chi connectivity index (χ1v) is 9.58. The SMILES string of the molecule is Cl.NC1CCc2ccc(OCCNC3CC3)cc2C1Cc1ccccc1. The zero-order chi connectivity index (χ0) is 17.1. The molecule has 0 spiro atoms. The third kappa shape index (κ3) is 4.79. The van der Waals surface area contributed by atoms with E-state index in [-0.39, 0.29) is 18.4 Å². The van der Waals surface area contributed by atoms with Crippen LogP contribution in [0.25, 0.3) is 0 Å². The van der Waals surface area contributed by atoms with Crippen LogP contribution in [0.4, 0.5) is 0 Å². The molecule has 1 saturated carbocycles. The number of rotatable bonds is 7. The molecule has 2 aliphatic rings. The van der Waals surface area contributed by atoms with Gasteiger partial charge in [0.25, 0.3) is 0 Å². The molecule has 0 heterocycles. The lowest BCUT2D eigenvalue weighted by Crippen LogP contribution is -2.34. The van der Waals surface area contributed by atoms with Crippen molar-refractivity contribution in [3.05, 3.63) is 65.2 Å². The van der Waals surface area contributed by atoms with Gasteiger partial charge in [0.05, 0.1) is 0 Å². The molecule has 2 atom stereocenters. The minimum Gasteiger partial charge on any atom is -0.492 e. The van der Waals surface area contributed by atoms with Crippen LogP contribution in [0.2, 0.25) is 0 Å². The molecule has 0 aromatic heterocycles. The number of ether oxygens (including phenoxy) is 1. The highest BCUT2D eigenvalue weighted by atomic mass is 35.5. The molecule has 4 rings (SSSR count). The lowest BCUT2D eigenvalue weighted by molar-refractivity contribution is 0.312. The summed E-state index contributed by atoms with van der Waals surface area (Å²) in [6, 6.07) is 18.2. The molecule has 0 aliphatic heterocycles. The monoisotopic (exact) mass is 372 g/mol. The van der Waals surface area contributed by atoms with Gasteiger partial charge in [0, 0.05) is 24.5 Å². The predicted octanol–water partition coefficient (Wildman–Crippen LogP) is 3.84. The highest BCUT2D eigenvalue weighted by Gasteiger charge is 2.27. The van der Waals surface area contributed by atoms with Crippen molar-refractivity contribution in [3.8, 4) is 5.75 Å². The van der Waals surface area contributed by atoms with Crippen molar-refractivity contribution in [1.29, 1.82) is 0 Å². The fourth-order valence-electron chi connectivity index (χ4n) is 3.84. The number of hydrogen-bond donors (Lipinski definition) is 2. The number of aryl methyl sites for hydroxylation is 1. The third-order valence-corrected chi connectivity index (χ3v) is 5.46. The first-order chi connectivity index (χ1) is 12.3. The highest BCUT2D eigenvalue weighted by Crippen LogP contribution is 2.35. The van der Waals surface area contributed by atoms with Gasteiger partial charge in [0.2, 0.25) is 0 Å². The first kappa shape index (κ1) is 19.2. The van der Waals surface area contributed by atoms with Gasteiger partial charge in [-0.15, -0.1) is 12.4 Å². The predicted molar refractivity (Wildman–Crippen MR) is 109 cm³/mol. The number of benzene rings is 2. The minimum atomic E-state index is 0. The largest absolute Gasteiger partial charge is 0.492 e. The van der Waals surface area contributed by atoms with E-state index < -0.39 is 0 Å². The van der Waals surface area contributed by atoms with Gasteiger partial charge in [0.1, 0.15) is 12.4 Å². The van der Waals surface area contributed by atoms with Gasteiger partial charge < -0.3 is 15.8 Å². The van der Waals surface area contributed by atoms with Crippen LogP contribution in [0, 0.1) is 0 Å². The smallest absolute Gasteiger partial charge is 0.119 e. The Balaban J connectivity index is 0.00000196. The summed E-state index contributed by atoms with van der Waals surface area (Å²) in [5, 5.41) is 3.49. The fourth-order valence-corrected chi connectivity index (χ4v) is 3.84. The Morgan fingerprint density at radius 3 is 2.62 bits per heavy atom. The number of hydrogen-bond acceptors (Lipinski definition) is 3. The molecule has 2 aromatic rings. The summed E-state index contributed by atoms with van der Waals surface area (Å²) in [4.78, 5) is 0. The van der Waals surface area contributed by atoms with Gasteiger partial charge in [0.15, 0.2) is 0 Å². The summed E-state index contributed by atoms with van der Waals surface area (Å²) in [7, 11) is 0. The van der Waals surface area contributed by atoms with E-state index in [1.165, 1.54) is 29.5 Å². The molecule has 0 amide bonds. The number of nitrogens with one attached hydrogen (secondary N) is 1. The van der Waals surface area contributed by atoms with Gasteiger partial charge in [-0.2, -0.15) is 0 Å². The van der Waals surface area contributed by atoms with Crippen molar-refractivity contribution in [2.75, 3.05) is 13.2 Å². The van der Waals surface area contributed by atoms with Crippen molar-refractivity contribution in [2.24, 2.45) is 5.73 Å². The quantitative estimate of drug-likeness (QED) is 0.726. The van der Waals surface area contributed by atoms with Crippen LogP contribution in [0.3, 0.4) is 0 Å². The zero-order valence-electron chi connectivity index (χ0n) is 15.2. The third-order valence-electron chi connectivity index (χ3n) is 5.46. The summed E-state index contributed by atoms with van der Waals surface area (Å²) >= 11 is 0. The maximum absolute atomic E-state index is 6.50. The van der Waals surface area contributed by atoms with Crippen molar-refractivity contribution in [2.45, 2.75) is 50.1 Å². The Kier molecular flexibility index (Phi) is 6.58. The Morgan fingerprint density at radius 2 is 1.85 bits per heavy atom. The molecule has 2 aromatic carbocycles. The molecule has 140 valence electrons. The number of nitrogens with two attached hydrogens (primary N) is 1. The normalized spacial score (nSPS) is 21.6. The highest BCUT2D eigenvalue weighted by molar-refractivity contribution is 5.85. The van der Waals surface area contributed by atoms with E-state index >= 15 is 0 Å². The van der Waals surface area contributed by atoms with E-state index in [2.05, 4.69) is 53.8 Å².